The molecule has 0 aromatic heterocycles. The van der Waals surface area contributed by atoms with Gasteiger partial charge in [-0.25, -0.2) is 0 Å². The summed E-state index contributed by atoms with van der Waals surface area (Å²) >= 11 is 12.1. The molecule has 0 aliphatic carbocycles. The van der Waals surface area contributed by atoms with Gasteiger partial charge in [0.15, 0.2) is 0 Å². The molecule has 0 bridgehead atoms. The Labute approximate surface area is 132 Å². The number of nitrogens with zero attached hydrogens (tertiary/aromatic N) is 1. The largest absolute Gasteiger partial charge is 0.375 e. The van der Waals surface area contributed by atoms with E-state index in [0.29, 0.717) is 22.3 Å². The Morgan fingerprint density at radius 3 is 2.52 bits per heavy atom. The van der Waals surface area contributed by atoms with E-state index in [2.05, 4.69) is 5.32 Å². The number of nitro benzene ring substituents is 1. The number of halogens is 2. The quantitative estimate of drug-likeness (QED) is 0.626. The third-order valence-corrected chi connectivity index (χ3v) is 4.17. The van der Waals surface area contributed by atoms with Crippen LogP contribution in [0.15, 0.2) is 30.3 Å². The minimum absolute atomic E-state index is 0.0521. The van der Waals surface area contributed by atoms with E-state index in [4.69, 9.17) is 23.2 Å². The molecule has 2 aromatic carbocycles. The normalized spacial score (nSPS) is 10.5. The van der Waals surface area contributed by atoms with Gasteiger partial charge in [0, 0.05) is 12.6 Å². The van der Waals surface area contributed by atoms with E-state index in [9.17, 15) is 10.1 Å². The highest BCUT2D eigenvalue weighted by atomic mass is 35.5. The predicted octanol–water partition coefficient (Wildman–Crippen LogP) is 5.13. The molecule has 0 amide bonds. The summed E-state index contributed by atoms with van der Waals surface area (Å²) < 4.78 is 0. The van der Waals surface area contributed by atoms with Crippen molar-refractivity contribution >= 4 is 34.6 Å². The molecule has 0 radical (unpaired) electrons. The average Bonchev–Trinajstić information content (AvgIpc) is 2.43. The first-order valence-electron chi connectivity index (χ1n) is 6.32. The molecule has 6 heteroatoms. The summed E-state index contributed by atoms with van der Waals surface area (Å²) in [6.07, 6.45) is 0. The molecule has 0 saturated carbocycles. The van der Waals surface area contributed by atoms with Gasteiger partial charge in [-0.05, 0) is 42.7 Å². The summed E-state index contributed by atoms with van der Waals surface area (Å²) in [5.74, 6) is 0. The van der Waals surface area contributed by atoms with Crippen LogP contribution in [-0.2, 0) is 6.54 Å². The molecular formula is C15H14Cl2N2O2. The van der Waals surface area contributed by atoms with Crippen molar-refractivity contribution in [1.82, 2.24) is 0 Å². The number of aryl methyl sites for hydroxylation is 2. The number of rotatable bonds is 4. The smallest absolute Gasteiger partial charge is 0.292 e. The lowest BCUT2D eigenvalue weighted by molar-refractivity contribution is -0.384. The first kappa shape index (κ1) is 15.6. The van der Waals surface area contributed by atoms with Crippen LogP contribution in [0.4, 0.5) is 11.4 Å². The lowest BCUT2D eigenvalue weighted by Crippen LogP contribution is -2.04. The molecule has 2 aromatic rings. The molecule has 0 heterocycles. The zero-order valence-electron chi connectivity index (χ0n) is 11.6. The van der Waals surface area contributed by atoms with Gasteiger partial charge in [0.1, 0.15) is 5.69 Å². The summed E-state index contributed by atoms with van der Waals surface area (Å²) in [5.41, 5.74) is 3.18. The molecule has 0 aliphatic rings. The van der Waals surface area contributed by atoms with Crippen molar-refractivity contribution in [3.63, 3.8) is 0 Å². The van der Waals surface area contributed by atoms with Crippen LogP contribution < -0.4 is 5.32 Å². The van der Waals surface area contributed by atoms with Crippen molar-refractivity contribution in [1.29, 1.82) is 0 Å². The number of hydrogen-bond donors (Lipinski definition) is 1. The second-order valence-electron chi connectivity index (χ2n) is 4.78. The second-order valence-corrected chi connectivity index (χ2v) is 5.56. The fraction of sp³-hybridized carbons (Fsp3) is 0.200. The SMILES string of the molecule is Cc1cc(NCc2cccc(Cl)c2Cl)c([N+](=O)[O-])cc1C. The summed E-state index contributed by atoms with van der Waals surface area (Å²) in [6.45, 7) is 4.12. The van der Waals surface area contributed by atoms with Gasteiger partial charge in [-0.3, -0.25) is 10.1 Å². The van der Waals surface area contributed by atoms with Crippen molar-refractivity contribution in [3.8, 4) is 0 Å². The van der Waals surface area contributed by atoms with Crippen LogP contribution in [0, 0.1) is 24.0 Å². The maximum absolute atomic E-state index is 11.1. The highest BCUT2D eigenvalue weighted by Crippen LogP contribution is 2.30. The van der Waals surface area contributed by atoms with Crippen molar-refractivity contribution in [2.45, 2.75) is 20.4 Å². The van der Waals surface area contributed by atoms with Gasteiger partial charge in [0.05, 0.1) is 15.0 Å². The minimum atomic E-state index is -0.394. The monoisotopic (exact) mass is 324 g/mol. The molecule has 110 valence electrons. The molecular weight excluding hydrogens is 311 g/mol. The van der Waals surface area contributed by atoms with Gasteiger partial charge in [0.25, 0.3) is 5.69 Å². The molecule has 1 N–H and O–H groups in total. The van der Waals surface area contributed by atoms with Crippen LogP contribution >= 0.6 is 23.2 Å². The van der Waals surface area contributed by atoms with Gasteiger partial charge in [0.2, 0.25) is 0 Å². The van der Waals surface area contributed by atoms with Crippen molar-refractivity contribution in [2.75, 3.05) is 5.32 Å². The summed E-state index contributed by atoms with van der Waals surface area (Å²) in [7, 11) is 0. The summed E-state index contributed by atoms with van der Waals surface area (Å²) in [6, 6.07) is 8.66. The first-order chi connectivity index (χ1) is 9.90. The van der Waals surface area contributed by atoms with E-state index in [-0.39, 0.29) is 5.69 Å². The average molecular weight is 325 g/mol. The molecule has 0 unspecified atom stereocenters. The van der Waals surface area contributed by atoms with Crippen LogP contribution in [-0.4, -0.2) is 4.92 Å². The van der Waals surface area contributed by atoms with Crippen molar-refractivity contribution < 1.29 is 4.92 Å². The molecule has 0 saturated heterocycles. The Bertz CT molecular complexity index is 702. The van der Waals surface area contributed by atoms with Crippen LogP contribution in [0.1, 0.15) is 16.7 Å². The summed E-state index contributed by atoms with van der Waals surface area (Å²) in [4.78, 5) is 10.7. The van der Waals surface area contributed by atoms with E-state index >= 15 is 0 Å². The number of benzene rings is 2. The molecule has 4 nitrogen and oxygen atoms in total. The zero-order valence-corrected chi connectivity index (χ0v) is 13.1. The van der Waals surface area contributed by atoms with Crippen LogP contribution in [0.2, 0.25) is 10.0 Å². The first-order valence-corrected chi connectivity index (χ1v) is 7.08. The van der Waals surface area contributed by atoms with E-state index in [1.54, 1.807) is 24.3 Å². The van der Waals surface area contributed by atoms with Crippen LogP contribution in [0.25, 0.3) is 0 Å². The third-order valence-electron chi connectivity index (χ3n) is 3.31. The van der Waals surface area contributed by atoms with Crippen molar-refractivity contribution in [3.05, 3.63) is 67.2 Å². The third kappa shape index (κ3) is 3.46. The molecule has 0 fully saturated rings. The van der Waals surface area contributed by atoms with E-state index < -0.39 is 4.92 Å². The Morgan fingerprint density at radius 1 is 1.19 bits per heavy atom. The molecule has 0 aliphatic heterocycles. The lowest BCUT2D eigenvalue weighted by Gasteiger charge is -2.11. The van der Waals surface area contributed by atoms with Gasteiger partial charge in [-0.2, -0.15) is 0 Å². The Balaban J connectivity index is 2.29. The fourth-order valence-electron chi connectivity index (χ4n) is 1.97. The van der Waals surface area contributed by atoms with Crippen LogP contribution in [0.3, 0.4) is 0 Å². The molecule has 21 heavy (non-hydrogen) atoms. The maximum Gasteiger partial charge on any atom is 0.292 e. The number of nitro groups is 1. The molecule has 2 rings (SSSR count). The number of nitrogens with one attached hydrogen (secondary N) is 1. The minimum Gasteiger partial charge on any atom is -0.375 e. The van der Waals surface area contributed by atoms with Crippen molar-refractivity contribution in [2.24, 2.45) is 0 Å². The fourth-order valence-corrected chi connectivity index (χ4v) is 2.36. The van der Waals surface area contributed by atoms with E-state index in [0.717, 1.165) is 16.7 Å². The van der Waals surface area contributed by atoms with E-state index in [1.807, 2.05) is 19.9 Å². The highest BCUT2D eigenvalue weighted by molar-refractivity contribution is 6.42. The second kappa shape index (κ2) is 6.33. The van der Waals surface area contributed by atoms with Gasteiger partial charge < -0.3 is 5.32 Å². The number of hydrogen-bond acceptors (Lipinski definition) is 3. The summed E-state index contributed by atoms with van der Waals surface area (Å²) in [5, 5.41) is 15.1. The predicted molar refractivity (Wildman–Crippen MR) is 86.4 cm³/mol. The van der Waals surface area contributed by atoms with Gasteiger partial charge in [-0.1, -0.05) is 35.3 Å². The Kier molecular flexibility index (Phi) is 4.70. The molecule has 0 atom stereocenters. The van der Waals surface area contributed by atoms with Crippen LogP contribution in [0.5, 0.6) is 0 Å². The standard InChI is InChI=1S/C15H14Cl2N2O2/c1-9-6-13(14(19(20)21)7-10(9)2)18-8-11-4-3-5-12(16)15(11)17/h3-7,18H,8H2,1-2H3. The van der Waals surface area contributed by atoms with E-state index in [1.165, 1.54) is 0 Å². The number of anilines is 1. The maximum atomic E-state index is 11.1. The molecule has 0 spiro atoms. The highest BCUT2D eigenvalue weighted by Gasteiger charge is 2.15. The van der Waals surface area contributed by atoms with Gasteiger partial charge >= 0.3 is 0 Å². The Morgan fingerprint density at radius 2 is 1.86 bits per heavy atom. The zero-order chi connectivity index (χ0) is 15.6. The Hall–Kier alpha value is -1.78. The lowest BCUT2D eigenvalue weighted by atomic mass is 10.1. The topological polar surface area (TPSA) is 55.2 Å². The van der Waals surface area contributed by atoms with Gasteiger partial charge in [-0.15, -0.1) is 0 Å².